The van der Waals surface area contributed by atoms with Crippen molar-refractivity contribution in [3.8, 4) is 16.9 Å². The molecule has 122 valence electrons. The largest absolute Gasteiger partial charge is 0.495 e. The number of rotatable bonds is 4. The number of ether oxygens (including phenoxy) is 1. The first-order chi connectivity index (χ1) is 11.4. The van der Waals surface area contributed by atoms with Crippen LogP contribution in [0.2, 0.25) is 5.02 Å². The smallest absolute Gasteiger partial charge is 0.250 e. The van der Waals surface area contributed by atoms with Gasteiger partial charge in [0.1, 0.15) is 11.4 Å². The summed E-state index contributed by atoms with van der Waals surface area (Å²) in [4.78, 5) is 24.0. The summed E-state index contributed by atoms with van der Waals surface area (Å²) >= 11 is 6.10. The van der Waals surface area contributed by atoms with Crippen LogP contribution in [0.25, 0.3) is 11.1 Å². The highest BCUT2D eigenvalue weighted by molar-refractivity contribution is 6.32. The predicted molar refractivity (Wildman–Crippen MR) is 97.6 cm³/mol. The van der Waals surface area contributed by atoms with Crippen molar-refractivity contribution < 1.29 is 4.74 Å². The third-order valence-electron chi connectivity index (χ3n) is 4.13. The van der Waals surface area contributed by atoms with E-state index in [0.717, 1.165) is 16.7 Å². The quantitative estimate of drug-likeness (QED) is 0.729. The third-order valence-corrected chi connectivity index (χ3v) is 4.42. The van der Waals surface area contributed by atoms with Crippen molar-refractivity contribution in [2.75, 3.05) is 12.4 Å². The van der Waals surface area contributed by atoms with Crippen molar-refractivity contribution in [1.29, 1.82) is 0 Å². The summed E-state index contributed by atoms with van der Waals surface area (Å²) in [5.41, 5.74) is 3.28. The Balaban J connectivity index is 2.00. The van der Waals surface area contributed by atoms with Gasteiger partial charge >= 0.3 is 0 Å². The van der Waals surface area contributed by atoms with Crippen LogP contribution >= 0.6 is 11.6 Å². The van der Waals surface area contributed by atoms with Gasteiger partial charge in [0.05, 0.1) is 17.7 Å². The minimum Gasteiger partial charge on any atom is -0.495 e. The molecule has 0 aliphatic heterocycles. The Kier molecular flexibility index (Phi) is 4.16. The molecule has 0 aliphatic carbocycles. The number of methoxy groups -OCH3 is 1. The topological polar surface area (TPSA) is 55.4 Å². The highest BCUT2D eigenvalue weighted by atomic mass is 35.5. The van der Waals surface area contributed by atoms with Gasteiger partial charge in [-0.1, -0.05) is 29.8 Å². The number of aryl methyl sites for hydroxylation is 2. The average Bonchev–Trinajstić information content (AvgIpc) is 2.57. The Labute approximate surface area is 144 Å². The van der Waals surface area contributed by atoms with E-state index in [1.165, 1.54) is 7.11 Å². The second-order valence-electron chi connectivity index (χ2n) is 5.68. The summed E-state index contributed by atoms with van der Waals surface area (Å²) < 4.78 is 5.11. The summed E-state index contributed by atoms with van der Waals surface area (Å²) in [6.07, 6.45) is 0. The van der Waals surface area contributed by atoms with Crippen LogP contribution in [-0.4, -0.2) is 7.11 Å². The summed E-state index contributed by atoms with van der Waals surface area (Å²) in [5, 5.41) is 3.43. The van der Waals surface area contributed by atoms with Crippen LogP contribution in [0, 0.1) is 13.8 Å². The van der Waals surface area contributed by atoms with Gasteiger partial charge in [-0.2, -0.15) is 0 Å². The van der Waals surface area contributed by atoms with E-state index in [4.69, 9.17) is 16.3 Å². The van der Waals surface area contributed by atoms with Gasteiger partial charge in [-0.3, -0.25) is 9.59 Å². The Hall–Kier alpha value is -2.59. The summed E-state index contributed by atoms with van der Waals surface area (Å²) in [5.74, 6) is 0.543. The van der Waals surface area contributed by atoms with Gasteiger partial charge in [0, 0.05) is 5.69 Å². The van der Waals surface area contributed by atoms with Gasteiger partial charge in [-0.15, -0.1) is 0 Å². The van der Waals surface area contributed by atoms with Gasteiger partial charge in [-0.05, 0) is 48.7 Å². The second kappa shape index (κ2) is 6.13. The first-order valence-corrected chi connectivity index (χ1v) is 7.81. The normalized spacial score (nSPS) is 10.8. The standard InChI is InChI=1S/C19H16ClNO3/c1-10-4-5-12(8-11(10)2)16-17(19(23)18(16)22)21-13-6-7-15(24-3)14(20)9-13/h4-9,21H,1-3H3. The number of hydrogen-bond acceptors (Lipinski definition) is 4. The van der Waals surface area contributed by atoms with E-state index in [2.05, 4.69) is 5.32 Å². The molecule has 1 N–H and O–H groups in total. The molecule has 0 saturated carbocycles. The van der Waals surface area contributed by atoms with Crippen molar-refractivity contribution in [2.24, 2.45) is 0 Å². The number of hydrogen-bond donors (Lipinski definition) is 1. The SMILES string of the molecule is COc1ccc(Nc2c(-c3ccc(C)c(C)c3)c(=O)c2=O)cc1Cl. The lowest BCUT2D eigenvalue weighted by molar-refractivity contribution is 0.415. The molecule has 3 aromatic rings. The minimum absolute atomic E-state index is 0.296. The van der Waals surface area contributed by atoms with E-state index in [0.29, 0.717) is 27.7 Å². The Morgan fingerprint density at radius 2 is 1.71 bits per heavy atom. The minimum atomic E-state index is -0.518. The molecule has 0 radical (unpaired) electrons. The monoisotopic (exact) mass is 341 g/mol. The highest BCUT2D eigenvalue weighted by Gasteiger charge is 2.22. The van der Waals surface area contributed by atoms with Crippen molar-refractivity contribution >= 4 is 23.0 Å². The molecule has 0 saturated heterocycles. The molecule has 0 amide bonds. The van der Waals surface area contributed by atoms with Gasteiger partial charge < -0.3 is 10.1 Å². The molecule has 4 nitrogen and oxygen atoms in total. The van der Waals surface area contributed by atoms with Crippen molar-refractivity contribution in [3.05, 3.63) is 73.0 Å². The van der Waals surface area contributed by atoms with E-state index in [-0.39, 0.29) is 0 Å². The third kappa shape index (κ3) is 2.69. The summed E-state index contributed by atoms with van der Waals surface area (Å²) in [6.45, 7) is 3.97. The van der Waals surface area contributed by atoms with Crippen LogP contribution in [0.15, 0.2) is 46.0 Å². The van der Waals surface area contributed by atoms with E-state index in [1.54, 1.807) is 18.2 Å². The van der Waals surface area contributed by atoms with Crippen molar-refractivity contribution in [2.45, 2.75) is 13.8 Å². The van der Waals surface area contributed by atoms with Crippen LogP contribution in [0.3, 0.4) is 0 Å². The molecule has 5 heteroatoms. The lowest BCUT2D eigenvalue weighted by atomic mass is 9.95. The number of nitrogens with one attached hydrogen (secondary N) is 1. The van der Waals surface area contributed by atoms with Crippen LogP contribution < -0.4 is 20.9 Å². The number of halogens is 1. The van der Waals surface area contributed by atoms with Gasteiger partial charge in [-0.25, -0.2) is 0 Å². The molecule has 0 aliphatic rings. The summed E-state index contributed by atoms with van der Waals surface area (Å²) in [7, 11) is 1.53. The number of benzene rings is 2. The maximum absolute atomic E-state index is 12.0. The fraction of sp³-hybridized carbons (Fsp3) is 0.158. The van der Waals surface area contributed by atoms with Gasteiger partial charge in [0.15, 0.2) is 0 Å². The molecular formula is C19H16ClNO3. The van der Waals surface area contributed by atoms with E-state index < -0.39 is 10.9 Å². The Morgan fingerprint density at radius 3 is 2.33 bits per heavy atom. The van der Waals surface area contributed by atoms with Crippen LogP contribution in [0.1, 0.15) is 11.1 Å². The van der Waals surface area contributed by atoms with Crippen LogP contribution in [0.5, 0.6) is 5.75 Å². The Bertz CT molecular complexity index is 1000. The predicted octanol–water partition coefficient (Wildman–Crippen LogP) is 3.97. The zero-order valence-electron chi connectivity index (χ0n) is 13.6. The fourth-order valence-electron chi connectivity index (χ4n) is 2.57. The van der Waals surface area contributed by atoms with E-state index >= 15 is 0 Å². The van der Waals surface area contributed by atoms with Crippen LogP contribution in [0.4, 0.5) is 11.4 Å². The van der Waals surface area contributed by atoms with Crippen LogP contribution in [-0.2, 0) is 0 Å². The van der Waals surface area contributed by atoms with E-state index in [1.807, 2.05) is 32.0 Å². The average molecular weight is 342 g/mol. The second-order valence-corrected chi connectivity index (χ2v) is 6.09. The molecule has 0 atom stereocenters. The Morgan fingerprint density at radius 1 is 0.958 bits per heavy atom. The molecule has 0 spiro atoms. The van der Waals surface area contributed by atoms with Crippen molar-refractivity contribution in [1.82, 2.24) is 0 Å². The lowest BCUT2D eigenvalue weighted by Crippen LogP contribution is -2.35. The van der Waals surface area contributed by atoms with Gasteiger partial charge in [0.2, 0.25) is 5.43 Å². The zero-order valence-corrected chi connectivity index (χ0v) is 14.3. The molecular weight excluding hydrogens is 326 g/mol. The summed E-state index contributed by atoms with van der Waals surface area (Å²) in [6, 6.07) is 10.8. The molecule has 3 rings (SSSR count). The van der Waals surface area contributed by atoms with Gasteiger partial charge in [0.25, 0.3) is 5.43 Å². The van der Waals surface area contributed by atoms with Crippen molar-refractivity contribution in [3.63, 3.8) is 0 Å². The lowest BCUT2D eigenvalue weighted by Gasteiger charge is -2.15. The maximum Gasteiger partial charge on any atom is 0.250 e. The zero-order chi connectivity index (χ0) is 17.4. The number of anilines is 2. The first-order valence-electron chi connectivity index (χ1n) is 7.44. The molecule has 0 unspecified atom stereocenters. The molecule has 24 heavy (non-hydrogen) atoms. The molecule has 0 bridgehead atoms. The molecule has 0 heterocycles. The maximum atomic E-state index is 12.0. The van der Waals surface area contributed by atoms with E-state index in [9.17, 15) is 9.59 Å². The molecule has 0 fully saturated rings. The fourth-order valence-corrected chi connectivity index (χ4v) is 2.83. The molecule has 3 aromatic carbocycles. The first kappa shape index (κ1) is 16.3. The molecule has 0 aromatic heterocycles. The highest BCUT2D eigenvalue weighted by Crippen LogP contribution is 2.31.